The molecule has 2 aromatic rings. The van der Waals surface area contributed by atoms with E-state index in [9.17, 15) is 9.59 Å². The molecule has 4 heteroatoms. The number of rotatable bonds is 4. The highest BCUT2D eigenvalue weighted by Gasteiger charge is 2.43. The predicted molar refractivity (Wildman–Crippen MR) is 89.1 cm³/mol. The Balaban J connectivity index is 1.45. The summed E-state index contributed by atoms with van der Waals surface area (Å²) in [4.78, 5) is 23.7. The first-order valence-corrected chi connectivity index (χ1v) is 7.62. The molecule has 1 fully saturated rings. The maximum absolute atomic E-state index is 12.0. The lowest BCUT2D eigenvalue weighted by atomic mass is 10.1. The summed E-state index contributed by atoms with van der Waals surface area (Å²) in [5, 5.41) is 0. The third-order valence-electron chi connectivity index (χ3n) is 3.89. The summed E-state index contributed by atoms with van der Waals surface area (Å²) in [7, 11) is 0. The molecule has 0 aromatic heterocycles. The number of benzene rings is 2. The van der Waals surface area contributed by atoms with E-state index >= 15 is 0 Å². The van der Waals surface area contributed by atoms with E-state index < -0.39 is 0 Å². The molecular formula is C19H18N2O2. The van der Waals surface area contributed by atoms with Gasteiger partial charge in [-0.15, -0.1) is 0 Å². The first-order valence-electron chi connectivity index (χ1n) is 7.62. The molecule has 0 aliphatic heterocycles. The molecular weight excluding hydrogens is 288 g/mol. The Labute approximate surface area is 135 Å². The van der Waals surface area contributed by atoms with E-state index in [-0.39, 0.29) is 23.7 Å². The summed E-state index contributed by atoms with van der Waals surface area (Å²) in [5.74, 6) is -0.289. The predicted octanol–water partition coefficient (Wildman–Crippen LogP) is 2.65. The SMILES string of the molecule is O=C(C=Cc1ccccc1)NNC(=O)C1CC1c1ccccc1. The molecule has 2 amide bonds. The van der Waals surface area contributed by atoms with Gasteiger partial charge in [-0.3, -0.25) is 20.4 Å². The van der Waals surface area contributed by atoms with Gasteiger partial charge in [-0.2, -0.15) is 0 Å². The van der Waals surface area contributed by atoms with Gasteiger partial charge in [0.25, 0.3) is 5.91 Å². The highest BCUT2D eigenvalue weighted by molar-refractivity contribution is 5.93. The van der Waals surface area contributed by atoms with E-state index in [1.807, 2.05) is 60.7 Å². The van der Waals surface area contributed by atoms with Gasteiger partial charge in [-0.1, -0.05) is 60.7 Å². The molecule has 1 aliphatic carbocycles. The average Bonchev–Trinajstić information content (AvgIpc) is 3.40. The van der Waals surface area contributed by atoms with E-state index in [2.05, 4.69) is 10.9 Å². The molecule has 0 bridgehead atoms. The van der Waals surface area contributed by atoms with Gasteiger partial charge >= 0.3 is 0 Å². The minimum Gasteiger partial charge on any atom is -0.273 e. The molecule has 2 aromatic carbocycles. The number of carbonyl (C=O) groups excluding carboxylic acids is 2. The monoisotopic (exact) mass is 306 g/mol. The number of carbonyl (C=O) groups is 2. The normalized spacial score (nSPS) is 19.3. The first kappa shape index (κ1) is 15.0. The lowest BCUT2D eigenvalue weighted by Crippen LogP contribution is -2.41. The fourth-order valence-electron chi connectivity index (χ4n) is 2.55. The van der Waals surface area contributed by atoms with E-state index in [1.54, 1.807) is 6.08 Å². The van der Waals surface area contributed by atoms with Crippen molar-refractivity contribution >= 4 is 17.9 Å². The standard InChI is InChI=1S/C19H18N2O2/c22-18(12-11-14-7-3-1-4-8-14)20-21-19(23)17-13-16(17)15-9-5-2-6-10-15/h1-12,16-17H,13H2,(H,20,22)(H,21,23). The zero-order valence-corrected chi connectivity index (χ0v) is 12.6. The van der Waals surface area contributed by atoms with Crippen LogP contribution in [-0.4, -0.2) is 11.8 Å². The van der Waals surface area contributed by atoms with Gasteiger partial charge in [0, 0.05) is 12.0 Å². The Bertz CT molecular complexity index is 711. The molecule has 1 aliphatic rings. The highest BCUT2D eigenvalue weighted by Crippen LogP contribution is 2.47. The number of nitrogens with one attached hydrogen (secondary N) is 2. The van der Waals surface area contributed by atoms with Crippen LogP contribution in [0.15, 0.2) is 66.7 Å². The molecule has 1 saturated carbocycles. The average molecular weight is 306 g/mol. The smallest absolute Gasteiger partial charge is 0.262 e. The van der Waals surface area contributed by atoms with Crippen LogP contribution < -0.4 is 10.9 Å². The number of hydrogen-bond acceptors (Lipinski definition) is 2. The van der Waals surface area contributed by atoms with Crippen LogP contribution in [0.2, 0.25) is 0 Å². The summed E-state index contributed by atoms with van der Waals surface area (Å²) in [5.41, 5.74) is 7.01. The maximum Gasteiger partial charge on any atom is 0.262 e. The van der Waals surface area contributed by atoms with Gasteiger partial charge in [0.15, 0.2) is 0 Å². The first-order chi connectivity index (χ1) is 11.2. The van der Waals surface area contributed by atoms with Crippen LogP contribution in [0, 0.1) is 5.92 Å². The Kier molecular flexibility index (Phi) is 4.52. The van der Waals surface area contributed by atoms with Crippen LogP contribution in [0.3, 0.4) is 0 Å². The molecule has 3 rings (SSSR count). The maximum atomic E-state index is 12.0. The second kappa shape index (κ2) is 6.92. The third-order valence-corrected chi connectivity index (χ3v) is 3.89. The summed E-state index contributed by atoms with van der Waals surface area (Å²) in [6, 6.07) is 19.5. The third kappa shape index (κ3) is 4.07. The zero-order chi connectivity index (χ0) is 16.1. The molecule has 116 valence electrons. The zero-order valence-electron chi connectivity index (χ0n) is 12.6. The summed E-state index contributed by atoms with van der Waals surface area (Å²) in [6.07, 6.45) is 3.92. The lowest BCUT2D eigenvalue weighted by molar-refractivity contribution is -0.127. The van der Waals surface area contributed by atoms with Crippen molar-refractivity contribution in [3.63, 3.8) is 0 Å². The highest BCUT2D eigenvalue weighted by atomic mass is 16.2. The van der Waals surface area contributed by atoms with Crippen LogP contribution in [-0.2, 0) is 9.59 Å². The Morgan fingerprint density at radius 1 is 0.913 bits per heavy atom. The number of hydrazine groups is 1. The van der Waals surface area contributed by atoms with Crippen LogP contribution in [0.5, 0.6) is 0 Å². The van der Waals surface area contributed by atoms with Gasteiger partial charge in [-0.05, 0) is 29.5 Å². The van der Waals surface area contributed by atoms with Crippen molar-refractivity contribution in [2.75, 3.05) is 0 Å². The van der Waals surface area contributed by atoms with Gasteiger partial charge < -0.3 is 0 Å². The second-order valence-corrected chi connectivity index (χ2v) is 5.58. The van der Waals surface area contributed by atoms with Crippen molar-refractivity contribution in [3.05, 3.63) is 77.9 Å². The molecule has 2 N–H and O–H groups in total. The molecule has 4 nitrogen and oxygen atoms in total. The Hall–Kier alpha value is -2.88. The fraction of sp³-hybridized carbons (Fsp3) is 0.158. The Morgan fingerprint density at radius 2 is 1.57 bits per heavy atom. The second-order valence-electron chi connectivity index (χ2n) is 5.58. The van der Waals surface area contributed by atoms with E-state index in [1.165, 1.54) is 11.6 Å². The fourth-order valence-corrected chi connectivity index (χ4v) is 2.55. The van der Waals surface area contributed by atoms with Gasteiger partial charge in [0.05, 0.1) is 0 Å². The van der Waals surface area contributed by atoms with Crippen LogP contribution in [0.4, 0.5) is 0 Å². The molecule has 0 heterocycles. The van der Waals surface area contributed by atoms with Gasteiger partial charge in [0.1, 0.15) is 0 Å². The van der Waals surface area contributed by atoms with Gasteiger partial charge in [-0.25, -0.2) is 0 Å². The van der Waals surface area contributed by atoms with E-state index in [4.69, 9.17) is 0 Å². The van der Waals surface area contributed by atoms with Crippen molar-refractivity contribution in [1.82, 2.24) is 10.9 Å². The minimum absolute atomic E-state index is 0.0594. The van der Waals surface area contributed by atoms with E-state index in [0.717, 1.165) is 12.0 Å². The molecule has 23 heavy (non-hydrogen) atoms. The van der Waals surface area contributed by atoms with Crippen LogP contribution in [0.25, 0.3) is 6.08 Å². The molecule has 2 unspecified atom stereocenters. The lowest BCUT2D eigenvalue weighted by Gasteiger charge is -2.05. The summed E-state index contributed by atoms with van der Waals surface area (Å²) >= 11 is 0. The van der Waals surface area contributed by atoms with Crippen LogP contribution >= 0.6 is 0 Å². The van der Waals surface area contributed by atoms with Gasteiger partial charge in [0.2, 0.25) is 5.91 Å². The van der Waals surface area contributed by atoms with Crippen molar-refractivity contribution in [2.24, 2.45) is 5.92 Å². The summed E-state index contributed by atoms with van der Waals surface area (Å²) < 4.78 is 0. The van der Waals surface area contributed by atoms with E-state index in [0.29, 0.717) is 0 Å². The van der Waals surface area contributed by atoms with Crippen molar-refractivity contribution in [2.45, 2.75) is 12.3 Å². The van der Waals surface area contributed by atoms with Crippen LogP contribution in [0.1, 0.15) is 23.5 Å². The Morgan fingerprint density at radius 3 is 2.26 bits per heavy atom. The number of amides is 2. The molecule has 2 atom stereocenters. The molecule has 0 radical (unpaired) electrons. The van der Waals surface area contributed by atoms with Crippen molar-refractivity contribution < 1.29 is 9.59 Å². The molecule has 0 saturated heterocycles. The minimum atomic E-state index is -0.348. The molecule has 0 spiro atoms. The van der Waals surface area contributed by atoms with Crippen molar-refractivity contribution in [1.29, 1.82) is 0 Å². The topological polar surface area (TPSA) is 58.2 Å². The van der Waals surface area contributed by atoms with Crippen molar-refractivity contribution in [3.8, 4) is 0 Å². The quantitative estimate of drug-likeness (QED) is 0.674. The summed E-state index contributed by atoms with van der Waals surface area (Å²) in [6.45, 7) is 0. The number of hydrogen-bond donors (Lipinski definition) is 2. The largest absolute Gasteiger partial charge is 0.273 e.